The van der Waals surface area contributed by atoms with Crippen LogP contribution in [0.2, 0.25) is 0 Å². The zero-order chi connectivity index (χ0) is 15.7. The molecule has 2 aliphatic heterocycles. The summed E-state index contributed by atoms with van der Waals surface area (Å²) in [6, 6.07) is 0. The van der Waals surface area contributed by atoms with Crippen molar-refractivity contribution >= 4 is 5.91 Å². The molecule has 6 nitrogen and oxygen atoms in total. The van der Waals surface area contributed by atoms with E-state index in [1.807, 2.05) is 13.8 Å². The van der Waals surface area contributed by atoms with Gasteiger partial charge in [-0.25, -0.2) is 0 Å². The van der Waals surface area contributed by atoms with E-state index in [0.29, 0.717) is 18.6 Å². The third kappa shape index (κ3) is 3.03. The van der Waals surface area contributed by atoms with Crippen molar-refractivity contribution in [3.05, 3.63) is 17.0 Å². The lowest BCUT2D eigenvalue weighted by Crippen LogP contribution is -2.50. The van der Waals surface area contributed by atoms with Crippen molar-refractivity contribution in [2.75, 3.05) is 26.7 Å². The van der Waals surface area contributed by atoms with Crippen molar-refractivity contribution < 1.29 is 14.1 Å². The molecule has 1 aromatic heterocycles. The number of aromatic nitrogens is 1. The van der Waals surface area contributed by atoms with Crippen LogP contribution >= 0.6 is 0 Å². The van der Waals surface area contributed by atoms with E-state index >= 15 is 0 Å². The van der Waals surface area contributed by atoms with Crippen LogP contribution < -0.4 is 5.32 Å². The van der Waals surface area contributed by atoms with Crippen molar-refractivity contribution in [2.45, 2.75) is 39.3 Å². The van der Waals surface area contributed by atoms with E-state index in [2.05, 4.69) is 15.4 Å². The Bertz CT molecular complexity index is 523. The van der Waals surface area contributed by atoms with E-state index in [0.717, 1.165) is 43.9 Å². The van der Waals surface area contributed by atoms with E-state index in [-0.39, 0.29) is 11.8 Å². The number of carbonyl (C=O) groups excluding carboxylic acids is 1. The molecular weight excluding hydrogens is 282 g/mol. The SMILES string of the molecule is CNC(=O)[C@@H]1CO[C@@H]2CCN(Cc3c(C)noc3C)C[C@@H]2C1. The van der Waals surface area contributed by atoms with E-state index in [1.165, 1.54) is 5.56 Å². The van der Waals surface area contributed by atoms with Crippen LogP contribution in [0.4, 0.5) is 0 Å². The predicted octanol–water partition coefficient (Wildman–Crippen LogP) is 1.26. The number of aryl methyl sites for hydroxylation is 2. The fourth-order valence-corrected chi connectivity index (χ4v) is 3.69. The maximum Gasteiger partial charge on any atom is 0.225 e. The first-order valence-corrected chi connectivity index (χ1v) is 8.05. The number of fused-ring (bicyclic) bond motifs is 1. The minimum Gasteiger partial charge on any atom is -0.377 e. The number of nitrogens with zero attached hydrogens (tertiary/aromatic N) is 2. The number of ether oxygens (including phenoxy) is 1. The fraction of sp³-hybridized carbons (Fsp3) is 0.750. The summed E-state index contributed by atoms with van der Waals surface area (Å²) >= 11 is 0. The van der Waals surface area contributed by atoms with Gasteiger partial charge in [0.1, 0.15) is 5.76 Å². The molecule has 0 radical (unpaired) electrons. The van der Waals surface area contributed by atoms with Gasteiger partial charge < -0.3 is 14.6 Å². The monoisotopic (exact) mass is 307 g/mol. The Morgan fingerprint density at radius 3 is 2.95 bits per heavy atom. The van der Waals surface area contributed by atoms with Crippen molar-refractivity contribution in [3.63, 3.8) is 0 Å². The smallest absolute Gasteiger partial charge is 0.225 e. The number of hydrogen-bond acceptors (Lipinski definition) is 5. The molecule has 6 heteroatoms. The summed E-state index contributed by atoms with van der Waals surface area (Å²) in [4.78, 5) is 14.3. The average molecular weight is 307 g/mol. The summed E-state index contributed by atoms with van der Waals surface area (Å²) in [5, 5.41) is 6.77. The number of likely N-dealkylation sites (tertiary alicyclic amines) is 1. The molecule has 22 heavy (non-hydrogen) atoms. The zero-order valence-corrected chi connectivity index (χ0v) is 13.6. The molecule has 2 aliphatic rings. The van der Waals surface area contributed by atoms with Gasteiger partial charge in [-0.2, -0.15) is 0 Å². The fourth-order valence-electron chi connectivity index (χ4n) is 3.69. The summed E-state index contributed by atoms with van der Waals surface area (Å²) in [5.41, 5.74) is 2.17. The van der Waals surface area contributed by atoms with Crippen LogP contribution in [0.5, 0.6) is 0 Å². The van der Waals surface area contributed by atoms with Crippen LogP contribution in [-0.2, 0) is 16.1 Å². The Morgan fingerprint density at radius 1 is 1.45 bits per heavy atom. The number of amides is 1. The van der Waals surface area contributed by atoms with Crippen molar-refractivity contribution in [3.8, 4) is 0 Å². The molecule has 0 spiro atoms. The summed E-state index contributed by atoms with van der Waals surface area (Å²) in [5.74, 6) is 1.43. The molecule has 1 aromatic rings. The zero-order valence-electron chi connectivity index (χ0n) is 13.6. The summed E-state index contributed by atoms with van der Waals surface area (Å²) in [6.07, 6.45) is 2.26. The van der Waals surface area contributed by atoms with Gasteiger partial charge in [-0.05, 0) is 32.6 Å². The van der Waals surface area contributed by atoms with Gasteiger partial charge in [-0.1, -0.05) is 5.16 Å². The molecule has 3 atom stereocenters. The molecule has 1 N–H and O–H groups in total. The van der Waals surface area contributed by atoms with Crippen LogP contribution in [0.15, 0.2) is 4.52 Å². The highest BCUT2D eigenvalue weighted by Crippen LogP contribution is 2.32. The number of hydrogen-bond donors (Lipinski definition) is 1. The van der Waals surface area contributed by atoms with Gasteiger partial charge in [0.05, 0.1) is 24.3 Å². The second kappa shape index (κ2) is 6.38. The summed E-state index contributed by atoms with van der Waals surface area (Å²) < 4.78 is 11.2. The van der Waals surface area contributed by atoms with Crippen LogP contribution in [0, 0.1) is 25.7 Å². The molecule has 1 amide bonds. The van der Waals surface area contributed by atoms with Gasteiger partial charge in [-0.15, -0.1) is 0 Å². The largest absolute Gasteiger partial charge is 0.377 e. The molecule has 0 unspecified atom stereocenters. The highest BCUT2D eigenvalue weighted by molar-refractivity contribution is 5.78. The third-order valence-corrected chi connectivity index (χ3v) is 5.03. The molecule has 3 heterocycles. The first kappa shape index (κ1) is 15.5. The van der Waals surface area contributed by atoms with E-state index in [1.54, 1.807) is 7.05 Å². The topological polar surface area (TPSA) is 67.6 Å². The van der Waals surface area contributed by atoms with Gasteiger partial charge in [0.25, 0.3) is 0 Å². The molecule has 0 aromatic carbocycles. The van der Waals surface area contributed by atoms with E-state index < -0.39 is 0 Å². The van der Waals surface area contributed by atoms with Gasteiger partial charge in [0.15, 0.2) is 0 Å². The normalized spacial score (nSPS) is 29.1. The highest BCUT2D eigenvalue weighted by atomic mass is 16.5. The van der Waals surface area contributed by atoms with Crippen molar-refractivity contribution in [1.82, 2.24) is 15.4 Å². The molecule has 122 valence electrons. The molecule has 0 aliphatic carbocycles. The maximum atomic E-state index is 11.8. The lowest BCUT2D eigenvalue weighted by Gasteiger charge is -2.43. The van der Waals surface area contributed by atoms with Gasteiger partial charge in [0.2, 0.25) is 5.91 Å². The average Bonchev–Trinajstić information content (AvgIpc) is 2.85. The molecule has 2 fully saturated rings. The summed E-state index contributed by atoms with van der Waals surface area (Å²) in [7, 11) is 1.69. The predicted molar refractivity (Wildman–Crippen MR) is 81.3 cm³/mol. The Hall–Kier alpha value is -1.40. The van der Waals surface area contributed by atoms with Crippen LogP contribution in [0.3, 0.4) is 0 Å². The van der Waals surface area contributed by atoms with Crippen molar-refractivity contribution in [2.24, 2.45) is 11.8 Å². The number of rotatable bonds is 3. The third-order valence-electron chi connectivity index (χ3n) is 5.03. The summed E-state index contributed by atoms with van der Waals surface area (Å²) in [6.45, 7) is 7.38. The van der Waals surface area contributed by atoms with Crippen LogP contribution in [-0.4, -0.2) is 48.8 Å². The first-order valence-electron chi connectivity index (χ1n) is 8.05. The lowest BCUT2D eigenvalue weighted by molar-refractivity contribution is -0.138. The molecule has 2 saturated heterocycles. The molecule has 0 saturated carbocycles. The standard InChI is InChI=1S/C16H25N3O3/c1-10-14(11(2)22-18-10)8-19-5-4-15-12(7-19)6-13(9-21-15)16(20)17-3/h12-13,15H,4-9H2,1-3H3,(H,17,20)/t12-,13-,15+/m0/s1. The number of carbonyl (C=O) groups is 1. The Balaban J connectivity index is 1.62. The molecular formula is C16H25N3O3. The minimum absolute atomic E-state index is 0.00901. The Labute approximate surface area is 131 Å². The second-order valence-corrected chi connectivity index (χ2v) is 6.51. The molecule has 0 bridgehead atoms. The van der Waals surface area contributed by atoms with Crippen LogP contribution in [0.1, 0.15) is 29.9 Å². The first-order chi connectivity index (χ1) is 10.6. The highest BCUT2D eigenvalue weighted by Gasteiger charge is 2.38. The Morgan fingerprint density at radius 2 is 2.27 bits per heavy atom. The molecule has 3 rings (SSSR count). The van der Waals surface area contributed by atoms with Crippen molar-refractivity contribution in [1.29, 1.82) is 0 Å². The minimum atomic E-state index is -0.00901. The van der Waals surface area contributed by atoms with Gasteiger partial charge in [0, 0.05) is 32.2 Å². The number of piperidine rings is 1. The van der Waals surface area contributed by atoms with Gasteiger partial charge in [-0.3, -0.25) is 9.69 Å². The lowest BCUT2D eigenvalue weighted by atomic mass is 9.83. The maximum absolute atomic E-state index is 11.8. The quantitative estimate of drug-likeness (QED) is 0.911. The Kier molecular flexibility index (Phi) is 4.49. The second-order valence-electron chi connectivity index (χ2n) is 6.51. The van der Waals surface area contributed by atoms with Gasteiger partial charge >= 0.3 is 0 Å². The van der Waals surface area contributed by atoms with E-state index in [9.17, 15) is 4.79 Å². The van der Waals surface area contributed by atoms with E-state index in [4.69, 9.17) is 9.26 Å². The number of nitrogens with one attached hydrogen (secondary N) is 1. The van der Waals surface area contributed by atoms with Crippen LogP contribution in [0.25, 0.3) is 0 Å².